The number of carbonyl (C=O) groups excluding carboxylic acids is 1. The fourth-order valence-corrected chi connectivity index (χ4v) is 3.97. The number of nitrogens with one attached hydrogen (secondary N) is 2. The van der Waals surface area contributed by atoms with E-state index in [4.69, 9.17) is 10.4 Å². The minimum atomic E-state index is -1.60. The molecule has 0 radical (unpaired) electrons. The molecule has 0 saturated carbocycles. The van der Waals surface area contributed by atoms with Crippen LogP contribution in [-0.2, 0) is 33.5 Å². The van der Waals surface area contributed by atoms with E-state index in [2.05, 4.69) is 10.0 Å². The molecule has 1 amide bonds. The second-order valence-electron chi connectivity index (χ2n) is 6.87. The number of nitrogens with two attached hydrogens (primary N) is 1. The molecule has 2 aromatic carbocycles. The van der Waals surface area contributed by atoms with Crippen LogP contribution in [0.5, 0.6) is 0 Å². The van der Waals surface area contributed by atoms with Gasteiger partial charge in [0.25, 0.3) is 0 Å². The van der Waals surface area contributed by atoms with Gasteiger partial charge in [-0.25, -0.2) is 4.21 Å². The van der Waals surface area contributed by atoms with Crippen molar-refractivity contribution in [3.05, 3.63) is 47.5 Å². The van der Waals surface area contributed by atoms with Crippen LogP contribution in [0.15, 0.2) is 41.3 Å². The molecule has 1 aliphatic rings. The van der Waals surface area contributed by atoms with E-state index in [-0.39, 0.29) is 18.4 Å². The number of anilines is 2. The first-order valence-corrected chi connectivity index (χ1v) is 10.3. The molecule has 28 heavy (non-hydrogen) atoms. The highest BCUT2D eigenvalue weighted by molar-refractivity contribution is 7.86. The topological polar surface area (TPSA) is 114 Å². The van der Waals surface area contributed by atoms with Crippen molar-refractivity contribution in [3.8, 4) is 0 Å². The first-order chi connectivity index (χ1) is 13.4. The lowest BCUT2D eigenvalue weighted by atomic mass is 9.79. The van der Waals surface area contributed by atoms with Gasteiger partial charge in [0.15, 0.2) is 11.0 Å². The summed E-state index contributed by atoms with van der Waals surface area (Å²) < 4.78 is 21.0. The van der Waals surface area contributed by atoms with Gasteiger partial charge in [-0.2, -0.15) is 0 Å². The highest BCUT2D eigenvalue weighted by atomic mass is 32.2. The summed E-state index contributed by atoms with van der Waals surface area (Å²) in [6.07, 6.45) is 0.922. The van der Waals surface area contributed by atoms with Gasteiger partial charge in [-0.3, -0.25) is 4.79 Å². The molecule has 2 aromatic rings. The van der Waals surface area contributed by atoms with Crippen molar-refractivity contribution in [2.75, 3.05) is 10.5 Å². The maximum Gasteiger partial charge on any atom is 0.491 e. The minimum absolute atomic E-state index is 0.0701. The van der Waals surface area contributed by atoms with Crippen molar-refractivity contribution in [1.29, 1.82) is 0 Å². The lowest BCUT2D eigenvalue weighted by Crippen LogP contribution is -2.33. The standard InChI is InChI=1S/C19H24BN3O4S/c1-3-12(2)22-19(24)9-14-8-15(21)5-7-18(14)28(26)23-16-6-4-13-11-27-20(25)17(13)10-16/h4-8,10,12,23,25H,3,9,11,21H2,1-2H3,(H,22,24). The maximum atomic E-state index is 12.9. The van der Waals surface area contributed by atoms with Gasteiger partial charge in [0.1, 0.15) is 0 Å². The fraction of sp³-hybridized carbons (Fsp3) is 0.316. The average Bonchev–Trinajstić information content (AvgIpc) is 3.02. The van der Waals surface area contributed by atoms with Crippen LogP contribution in [0.25, 0.3) is 0 Å². The molecule has 0 aromatic heterocycles. The van der Waals surface area contributed by atoms with E-state index in [0.717, 1.165) is 12.0 Å². The van der Waals surface area contributed by atoms with E-state index in [1.54, 1.807) is 30.3 Å². The molecule has 7 nitrogen and oxygen atoms in total. The second kappa shape index (κ2) is 8.77. The zero-order valence-electron chi connectivity index (χ0n) is 15.9. The Kier molecular flexibility index (Phi) is 6.38. The van der Waals surface area contributed by atoms with Crippen LogP contribution in [0.2, 0.25) is 0 Å². The molecular formula is C19H24BN3O4S. The maximum absolute atomic E-state index is 12.9. The smallest absolute Gasteiger partial charge is 0.423 e. The quantitative estimate of drug-likeness (QED) is 0.410. The van der Waals surface area contributed by atoms with Gasteiger partial charge in [0, 0.05) is 17.4 Å². The summed E-state index contributed by atoms with van der Waals surface area (Å²) in [7, 11) is -2.57. The summed E-state index contributed by atoms with van der Waals surface area (Å²) in [4.78, 5) is 12.8. The van der Waals surface area contributed by atoms with Gasteiger partial charge in [-0.15, -0.1) is 0 Å². The van der Waals surface area contributed by atoms with E-state index in [0.29, 0.717) is 33.9 Å². The summed E-state index contributed by atoms with van der Waals surface area (Å²) in [5.74, 6) is -0.143. The number of carbonyl (C=O) groups is 1. The molecule has 0 spiro atoms. The predicted octanol–water partition coefficient (Wildman–Crippen LogP) is 1.08. The highest BCUT2D eigenvalue weighted by Crippen LogP contribution is 2.21. The second-order valence-corrected chi connectivity index (χ2v) is 8.05. The molecule has 2 atom stereocenters. The summed E-state index contributed by atoms with van der Waals surface area (Å²) in [5, 5.41) is 12.7. The molecule has 1 aliphatic heterocycles. The number of amides is 1. The van der Waals surface area contributed by atoms with Gasteiger partial charge in [0.2, 0.25) is 5.91 Å². The van der Waals surface area contributed by atoms with Crippen LogP contribution in [0.1, 0.15) is 31.4 Å². The Labute approximate surface area is 167 Å². The summed E-state index contributed by atoms with van der Waals surface area (Å²) in [6.45, 7) is 4.28. The van der Waals surface area contributed by atoms with E-state index in [1.807, 2.05) is 19.9 Å². The number of benzene rings is 2. The number of rotatable bonds is 7. The lowest BCUT2D eigenvalue weighted by molar-refractivity contribution is -0.121. The normalized spacial score (nSPS) is 15.0. The average molecular weight is 401 g/mol. The molecule has 148 valence electrons. The Morgan fingerprint density at radius 1 is 1.36 bits per heavy atom. The first kappa shape index (κ1) is 20.4. The van der Waals surface area contributed by atoms with Crippen molar-refractivity contribution in [3.63, 3.8) is 0 Å². The van der Waals surface area contributed by atoms with Crippen LogP contribution in [0.3, 0.4) is 0 Å². The number of hydrogen-bond donors (Lipinski definition) is 4. The minimum Gasteiger partial charge on any atom is -0.423 e. The highest BCUT2D eigenvalue weighted by Gasteiger charge is 2.27. The summed E-state index contributed by atoms with van der Waals surface area (Å²) in [5.41, 5.74) is 9.13. The van der Waals surface area contributed by atoms with Gasteiger partial charge in [-0.1, -0.05) is 13.0 Å². The molecule has 0 fully saturated rings. The third-order valence-electron chi connectivity index (χ3n) is 4.67. The van der Waals surface area contributed by atoms with Gasteiger partial charge in [-0.05, 0) is 60.3 Å². The molecule has 0 aliphatic carbocycles. The number of hydrogen-bond acceptors (Lipinski definition) is 5. The molecule has 1 heterocycles. The number of fused-ring (bicyclic) bond motifs is 1. The van der Waals surface area contributed by atoms with Crippen molar-refractivity contribution >= 4 is 40.8 Å². The Balaban J connectivity index is 1.78. The fourth-order valence-electron chi connectivity index (χ4n) is 2.96. The van der Waals surface area contributed by atoms with E-state index in [1.165, 1.54) is 0 Å². The first-order valence-electron chi connectivity index (χ1n) is 9.16. The molecule has 9 heteroatoms. The van der Waals surface area contributed by atoms with E-state index >= 15 is 0 Å². The predicted molar refractivity (Wildman–Crippen MR) is 111 cm³/mol. The third kappa shape index (κ3) is 4.73. The summed E-state index contributed by atoms with van der Waals surface area (Å²) in [6, 6.07) is 10.4. The Morgan fingerprint density at radius 2 is 2.14 bits per heavy atom. The zero-order chi connectivity index (χ0) is 20.3. The monoisotopic (exact) mass is 401 g/mol. The van der Waals surface area contributed by atoms with Crippen LogP contribution in [0, 0.1) is 0 Å². The third-order valence-corrected chi connectivity index (χ3v) is 5.89. The van der Waals surface area contributed by atoms with Crippen LogP contribution < -0.4 is 21.2 Å². The van der Waals surface area contributed by atoms with Crippen LogP contribution in [0.4, 0.5) is 11.4 Å². The summed E-state index contributed by atoms with van der Waals surface area (Å²) >= 11 is 0. The molecule has 0 saturated heterocycles. The zero-order valence-corrected chi connectivity index (χ0v) is 16.7. The van der Waals surface area contributed by atoms with Crippen molar-refractivity contribution in [2.45, 2.75) is 44.2 Å². The Hall–Kier alpha value is -2.36. The van der Waals surface area contributed by atoms with Crippen molar-refractivity contribution in [2.24, 2.45) is 0 Å². The largest absolute Gasteiger partial charge is 0.491 e. The molecule has 3 rings (SSSR count). The van der Waals surface area contributed by atoms with E-state index < -0.39 is 18.1 Å². The molecular weight excluding hydrogens is 377 g/mol. The van der Waals surface area contributed by atoms with Gasteiger partial charge < -0.3 is 25.5 Å². The van der Waals surface area contributed by atoms with Gasteiger partial charge in [0.05, 0.1) is 17.9 Å². The SMILES string of the molecule is CCC(C)NC(=O)Cc1cc(N)ccc1S(=O)Nc1ccc2c(c1)B(O)OC2. The Bertz CT molecular complexity index is 909. The molecule has 2 unspecified atom stereocenters. The Morgan fingerprint density at radius 3 is 2.89 bits per heavy atom. The van der Waals surface area contributed by atoms with Crippen LogP contribution in [-0.4, -0.2) is 28.3 Å². The number of nitrogen functional groups attached to an aromatic ring is 1. The van der Waals surface area contributed by atoms with E-state index in [9.17, 15) is 14.0 Å². The molecule has 5 N–H and O–H groups in total. The van der Waals surface area contributed by atoms with Crippen molar-refractivity contribution in [1.82, 2.24) is 5.32 Å². The van der Waals surface area contributed by atoms with Gasteiger partial charge >= 0.3 is 7.12 Å². The lowest BCUT2D eigenvalue weighted by Gasteiger charge is -2.14. The van der Waals surface area contributed by atoms with Crippen LogP contribution >= 0.6 is 0 Å². The van der Waals surface area contributed by atoms with Crippen molar-refractivity contribution < 1.29 is 18.7 Å². The molecule has 0 bridgehead atoms.